The number of hydrogen-bond donors (Lipinski definition) is 2. The van der Waals surface area contributed by atoms with Gasteiger partial charge in [-0.05, 0) is 42.4 Å². The van der Waals surface area contributed by atoms with Crippen molar-refractivity contribution in [3.8, 4) is 11.1 Å². The van der Waals surface area contributed by atoms with Crippen LogP contribution in [0.15, 0.2) is 55.0 Å². The summed E-state index contributed by atoms with van der Waals surface area (Å²) in [5, 5.41) is 6.28. The molecule has 2 aromatic heterocycles. The number of carbonyl (C=O) groups excluding carboxylic acids is 1. The second kappa shape index (κ2) is 7.76. The Morgan fingerprint density at radius 1 is 1.03 bits per heavy atom. The fraction of sp³-hybridized carbons (Fsp3) is 0.261. The number of carbonyl (C=O) groups is 1. The first-order valence-electron chi connectivity index (χ1n) is 10.2. The molecule has 1 saturated heterocycles. The van der Waals surface area contributed by atoms with E-state index in [2.05, 4.69) is 43.5 Å². The number of anilines is 3. The quantitative estimate of drug-likeness (QED) is 0.702. The molecule has 3 aromatic rings. The highest BCUT2D eigenvalue weighted by molar-refractivity contribution is 6.06. The van der Waals surface area contributed by atoms with Gasteiger partial charge < -0.3 is 20.4 Å². The maximum absolute atomic E-state index is 12.5. The molecule has 0 bridgehead atoms. The van der Waals surface area contributed by atoms with Gasteiger partial charge in [-0.1, -0.05) is 12.1 Å². The fourth-order valence-corrected chi connectivity index (χ4v) is 4.09. The van der Waals surface area contributed by atoms with Gasteiger partial charge >= 0.3 is 0 Å². The lowest BCUT2D eigenvalue weighted by Gasteiger charge is -2.33. The van der Waals surface area contributed by atoms with Gasteiger partial charge in [0.25, 0.3) is 5.91 Å². The molecular formula is C23H24N6O. The number of nitrogens with one attached hydrogen (secondary N) is 2. The zero-order valence-corrected chi connectivity index (χ0v) is 16.9. The van der Waals surface area contributed by atoms with E-state index in [9.17, 15) is 4.79 Å². The number of nitrogens with zero attached hydrogens (tertiary/aromatic N) is 4. The fourth-order valence-electron chi connectivity index (χ4n) is 4.09. The Morgan fingerprint density at radius 3 is 2.63 bits per heavy atom. The van der Waals surface area contributed by atoms with E-state index >= 15 is 0 Å². The van der Waals surface area contributed by atoms with E-state index in [1.165, 1.54) is 0 Å². The van der Waals surface area contributed by atoms with Gasteiger partial charge in [0.2, 0.25) is 0 Å². The highest BCUT2D eigenvalue weighted by Crippen LogP contribution is 2.34. The normalized spacial score (nSPS) is 16.3. The zero-order chi connectivity index (χ0) is 20.5. The minimum absolute atomic E-state index is 0.0627. The molecule has 0 aliphatic carbocycles. The number of rotatable bonds is 4. The van der Waals surface area contributed by atoms with Crippen molar-refractivity contribution in [1.82, 2.24) is 20.2 Å². The van der Waals surface area contributed by atoms with Crippen LogP contribution in [0, 0.1) is 0 Å². The van der Waals surface area contributed by atoms with Crippen LogP contribution in [-0.2, 0) is 6.54 Å². The second-order valence-corrected chi connectivity index (χ2v) is 7.76. The second-order valence-electron chi connectivity index (χ2n) is 7.76. The highest BCUT2D eigenvalue weighted by Gasteiger charge is 2.26. The van der Waals surface area contributed by atoms with Crippen LogP contribution < -0.4 is 15.5 Å². The first-order valence-corrected chi connectivity index (χ1v) is 10.2. The van der Waals surface area contributed by atoms with Crippen molar-refractivity contribution in [1.29, 1.82) is 0 Å². The Labute approximate surface area is 175 Å². The van der Waals surface area contributed by atoms with Gasteiger partial charge in [0.05, 0.1) is 23.1 Å². The lowest BCUT2D eigenvalue weighted by atomic mass is 9.96. The largest absolute Gasteiger partial charge is 0.368 e. The van der Waals surface area contributed by atoms with Crippen LogP contribution >= 0.6 is 0 Å². The smallest absolute Gasteiger partial charge is 0.254 e. The Kier molecular flexibility index (Phi) is 4.80. The van der Waals surface area contributed by atoms with E-state index in [0.29, 0.717) is 12.1 Å². The number of benzene rings is 1. The van der Waals surface area contributed by atoms with Crippen molar-refractivity contribution < 1.29 is 4.79 Å². The number of hydrogen-bond acceptors (Lipinski definition) is 6. The molecule has 152 valence electrons. The number of fused-ring (bicyclic) bond motifs is 1. The summed E-state index contributed by atoms with van der Waals surface area (Å²) in [7, 11) is 2.15. The van der Waals surface area contributed by atoms with Crippen LogP contribution in [-0.4, -0.2) is 54.0 Å². The van der Waals surface area contributed by atoms with Crippen LogP contribution in [0.1, 0.15) is 15.9 Å². The zero-order valence-electron chi connectivity index (χ0n) is 16.9. The molecule has 7 nitrogen and oxygen atoms in total. The summed E-state index contributed by atoms with van der Waals surface area (Å²) in [5.41, 5.74) is 5.61. The van der Waals surface area contributed by atoms with Gasteiger partial charge in [0.15, 0.2) is 0 Å². The van der Waals surface area contributed by atoms with E-state index in [1.54, 1.807) is 6.20 Å². The van der Waals surface area contributed by atoms with Gasteiger partial charge in [-0.25, -0.2) is 4.98 Å². The molecule has 7 heteroatoms. The first kappa shape index (κ1) is 18.6. The molecule has 0 atom stereocenters. The molecule has 0 unspecified atom stereocenters. The summed E-state index contributed by atoms with van der Waals surface area (Å²) in [4.78, 5) is 26.0. The van der Waals surface area contributed by atoms with Crippen LogP contribution in [0.5, 0.6) is 0 Å². The number of likely N-dealkylation sites (N-methyl/N-ethyl adjacent to an activating group) is 1. The minimum atomic E-state index is -0.0627. The molecule has 1 fully saturated rings. The Morgan fingerprint density at radius 2 is 1.90 bits per heavy atom. The third-order valence-corrected chi connectivity index (χ3v) is 5.82. The van der Waals surface area contributed by atoms with E-state index in [-0.39, 0.29) is 5.91 Å². The minimum Gasteiger partial charge on any atom is -0.368 e. The molecule has 0 spiro atoms. The summed E-state index contributed by atoms with van der Waals surface area (Å²) >= 11 is 0. The van der Waals surface area contributed by atoms with Crippen molar-refractivity contribution in [2.24, 2.45) is 0 Å². The Bertz CT molecular complexity index is 1060. The summed E-state index contributed by atoms with van der Waals surface area (Å²) in [6.45, 7) is 4.65. The molecule has 30 heavy (non-hydrogen) atoms. The Hall–Kier alpha value is -3.45. The van der Waals surface area contributed by atoms with Crippen LogP contribution in [0.2, 0.25) is 0 Å². The molecule has 0 radical (unpaired) electrons. The first-order chi connectivity index (χ1) is 14.7. The van der Waals surface area contributed by atoms with Crippen molar-refractivity contribution >= 4 is 23.1 Å². The van der Waals surface area contributed by atoms with Crippen molar-refractivity contribution in [2.75, 3.05) is 43.4 Å². The highest BCUT2D eigenvalue weighted by atomic mass is 16.1. The lowest BCUT2D eigenvalue weighted by molar-refractivity contribution is 0.0966. The van der Waals surface area contributed by atoms with Gasteiger partial charge in [0, 0.05) is 50.7 Å². The van der Waals surface area contributed by atoms with Crippen LogP contribution in [0.3, 0.4) is 0 Å². The molecule has 2 N–H and O–H groups in total. The third-order valence-electron chi connectivity index (χ3n) is 5.82. The molecule has 5 rings (SSSR count). The van der Waals surface area contributed by atoms with Crippen molar-refractivity contribution in [3.05, 3.63) is 66.1 Å². The van der Waals surface area contributed by atoms with Gasteiger partial charge in [-0.2, -0.15) is 0 Å². The molecule has 1 aromatic carbocycles. The molecule has 1 amide bonds. The predicted molar refractivity (Wildman–Crippen MR) is 118 cm³/mol. The van der Waals surface area contributed by atoms with E-state index in [4.69, 9.17) is 0 Å². The predicted octanol–water partition coefficient (Wildman–Crippen LogP) is 2.88. The monoisotopic (exact) mass is 400 g/mol. The van der Waals surface area contributed by atoms with Gasteiger partial charge in [0.1, 0.15) is 5.82 Å². The topological polar surface area (TPSA) is 73.4 Å². The maximum Gasteiger partial charge on any atom is 0.254 e. The van der Waals surface area contributed by atoms with Gasteiger partial charge in [-0.15, -0.1) is 0 Å². The number of pyridine rings is 2. The molecule has 4 heterocycles. The van der Waals surface area contributed by atoms with E-state index in [1.807, 2.05) is 42.7 Å². The van der Waals surface area contributed by atoms with Crippen molar-refractivity contribution in [3.63, 3.8) is 0 Å². The summed E-state index contributed by atoms with van der Waals surface area (Å²) in [6, 6.07) is 12.0. The van der Waals surface area contributed by atoms with Crippen LogP contribution in [0.4, 0.5) is 17.2 Å². The summed E-state index contributed by atoms with van der Waals surface area (Å²) in [5.74, 6) is 0.663. The molecular weight excluding hydrogens is 376 g/mol. The Balaban J connectivity index is 1.40. The average Bonchev–Trinajstić information content (AvgIpc) is 3.18. The number of amides is 1. The maximum atomic E-state index is 12.5. The molecule has 0 saturated carbocycles. The summed E-state index contributed by atoms with van der Waals surface area (Å²) < 4.78 is 0. The van der Waals surface area contributed by atoms with Crippen LogP contribution in [0.25, 0.3) is 11.1 Å². The third kappa shape index (κ3) is 3.48. The van der Waals surface area contributed by atoms with E-state index in [0.717, 1.165) is 60.1 Å². The van der Waals surface area contributed by atoms with Crippen molar-refractivity contribution in [2.45, 2.75) is 6.54 Å². The standard InChI is InChI=1S/C23H24N6O/c1-28-9-11-29(12-10-28)17-4-7-21(25-14-17)27-20-6-5-18(16-3-2-8-24-13-16)19-15-26-23(30)22(19)20/h2-8,13-14H,9-12,15H2,1H3,(H,25,27)(H,26,30). The average molecular weight is 400 g/mol. The number of aromatic nitrogens is 2. The SMILES string of the molecule is CN1CCN(c2ccc(Nc3ccc(-c4cccnc4)c4c3C(=O)NC4)nc2)CC1. The number of piperazine rings is 1. The summed E-state index contributed by atoms with van der Waals surface area (Å²) in [6.07, 6.45) is 5.47. The molecule has 2 aliphatic heterocycles. The molecule has 2 aliphatic rings. The van der Waals surface area contributed by atoms with Gasteiger partial charge in [-0.3, -0.25) is 9.78 Å². The lowest BCUT2D eigenvalue weighted by Crippen LogP contribution is -2.44. The van der Waals surface area contributed by atoms with E-state index < -0.39 is 0 Å².